The Morgan fingerprint density at radius 2 is 2.18 bits per heavy atom. The maximum Gasteiger partial charge on any atom is 0.258 e. The van der Waals surface area contributed by atoms with Gasteiger partial charge in [-0.3, -0.25) is 14.9 Å². The molecule has 17 heavy (non-hydrogen) atoms. The molecule has 0 radical (unpaired) electrons. The number of pyridine rings is 1. The zero-order valence-corrected chi connectivity index (χ0v) is 9.48. The van der Waals surface area contributed by atoms with Gasteiger partial charge < -0.3 is 10.4 Å². The van der Waals surface area contributed by atoms with Gasteiger partial charge in [0.15, 0.2) is 5.82 Å². The van der Waals surface area contributed by atoms with Crippen LogP contribution in [0, 0.1) is 13.8 Å². The summed E-state index contributed by atoms with van der Waals surface area (Å²) in [6.07, 6.45) is 2.64. The van der Waals surface area contributed by atoms with E-state index in [1.807, 2.05) is 13.8 Å². The van der Waals surface area contributed by atoms with Crippen LogP contribution >= 0.6 is 0 Å². The van der Waals surface area contributed by atoms with Gasteiger partial charge in [-0.15, -0.1) is 0 Å². The van der Waals surface area contributed by atoms with Crippen molar-refractivity contribution in [2.45, 2.75) is 13.8 Å². The maximum atomic E-state index is 11.8. The summed E-state index contributed by atoms with van der Waals surface area (Å²) < 4.78 is 0. The number of nitrogens with one attached hydrogen (secondary N) is 2. The third-order valence-corrected chi connectivity index (χ3v) is 2.47. The Labute approximate surface area is 97.7 Å². The highest BCUT2D eigenvalue weighted by atomic mass is 16.3. The van der Waals surface area contributed by atoms with Crippen molar-refractivity contribution in [3.05, 3.63) is 35.3 Å². The maximum absolute atomic E-state index is 11.8. The molecule has 0 atom stereocenters. The SMILES string of the molecule is Cc1[nH]nc(NC(=O)c2cncc(O)c2)c1C. The van der Waals surface area contributed by atoms with Gasteiger partial charge in [0.05, 0.1) is 11.8 Å². The van der Waals surface area contributed by atoms with E-state index in [0.29, 0.717) is 5.82 Å². The number of hydrogen-bond donors (Lipinski definition) is 3. The average Bonchev–Trinajstić information content (AvgIpc) is 2.61. The van der Waals surface area contributed by atoms with E-state index in [-0.39, 0.29) is 17.2 Å². The lowest BCUT2D eigenvalue weighted by Crippen LogP contribution is -2.13. The molecule has 1 amide bonds. The van der Waals surface area contributed by atoms with E-state index < -0.39 is 0 Å². The van der Waals surface area contributed by atoms with Gasteiger partial charge in [-0.25, -0.2) is 0 Å². The van der Waals surface area contributed by atoms with Gasteiger partial charge in [0.1, 0.15) is 5.75 Å². The van der Waals surface area contributed by atoms with Gasteiger partial charge in [-0.1, -0.05) is 0 Å². The molecular formula is C11H12N4O2. The number of hydrogen-bond acceptors (Lipinski definition) is 4. The Kier molecular flexibility index (Phi) is 2.78. The van der Waals surface area contributed by atoms with E-state index in [0.717, 1.165) is 11.3 Å². The van der Waals surface area contributed by atoms with Gasteiger partial charge in [0, 0.05) is 17.5 Å². The Morgan fingerprint density at radius 3 is 2.76 bits per heavy atom. The summed E-state index contributed by atoms with van der Waals surface area (Å²) in [5.74, 6) is 0.0754. The molecule has 6 heteroatoms. The van der Waals surface area contributed by atoms with Crippen LogP contribution in [0.25, 0.3) is 0 Å². The first-order valence-electron chi connectivity index (χ1n) is 5.05. The molecule has 2 heterocycles. The first kappa shape index (κ1) is 11.1. The summed E-state index contributed by atoms with van der Waals surface area (Å²) in [5, 5.41) is 18.6. The molecule has 0 spiro atoms. The van der Waals surface area contributed by atoms with Crippen LogP contribution < -0.4 is 5.32 Å². The number of anilines is 1. The van der Waals surface area contributed by atoms with E-state index in [1.165, 1.54) is 18.5 Å². The molecule has 0 aliphatic heterocycles. The first-order valence-corrected chi connectivity index (χ1v) is 5.05. The van der Waals surface area contributed by atoms with Crippen molar-refractivity contribution < 1.29 is 9.90 Å². The van der Waals surface area contributed by atoms with Crippen molar-refractivity contribution in [1.29, 1.82) is 0 Å². The standard InChI is InChI=1S/C11H12N4O2/c1-6-7(2)14-15-10(6)13-11(17)8-3-9(16)5-12-4-8/h3-5,16H,1-2H3,(H2,13,14,15,17). The van der Waals surface area contributed by atoms with Crippen LogP contribution in [0.15, 0.2) is 18.5 Å². The van der Waals surface area contributed by atoms with Crippen molar-refractivity contribution in [2.75, 3.05) is 5.32 Å². The predicted octanol–water partition coefficient (Wildman–Crippen LogP) is 1.38. The van der Waals surface area contributed by atoms with Gasteiger partial charge in [0.2, 0.25) is 0 Å². The fourth-order valence-corrected chi connectivity index (χ4v) is 1.34. The highest BCUT2D eigenvalue weighted by molar-refractivity contribution is 6.04. The quantitative estimate of drug-likeness (QED) is 0.729. The highest BCUT2D eigenvalue weighted by Gasteiger charge is 2.11. The molecule has 0 aliphatic carbocycles. The minimum Gasteiger partial charge on any atom is -0.506 e. The molecule has 0 saturated carbocycles. The Hall–Kier alpha value is -2.37. The topological polar surface area (TPSA) is 90.9 Å². The van der Waals surface area contributed by atoms with Crippen molar-refractivity contribution in [1.82, 2.24) is 15.2 Å². The Bertz CT molecular complexity index is 562. The van der Waals surface area contributed by atoms with Crippen molar-refractivity contribution >= 4 is 11.7 Å². The minimum absolute atomic E-state index is 0.0485. The van der Waals surface area contributed by atoms with Gasteiger partial charge in [-0.2, -0.15) is 5.10 Å². The minimum atomic E-state index is -0.358. The number of aryl methyl sites for hydroxylation is 1. The molecule has 3 N–H and O–H groups in total. The molecule has 0 aromatic carbocycles. The van der Waals surface area contributed by atoms with E-state index in [2.05, 4.69) is 20.5 Å². The predicted molar refractivity (Wildman–Crippen MR) is 61.9 cm³/mol. The first-order chi connectivity index (χ1) is 8.08. The van der Waals surface area contributed by atoms with Gasteiger partial charge in [0.25, 0.3) is 5.91 Å². The van der Waals surface area contributed by atoms with Crippen LogP contribution in [0.2, 0.25) is 0 Å². The zero-order chi connectivity index (χ0) is 12.4. The zero-order valence-electron chi connectivity index (χ0n) is 9.48. The number of rotatable bonds is 2. The molecule has 2 aromatic heterocycles. The average molecular weight is 232 g/mol. The van der Waals surface area contributed by atoms with Crippen LogP contribution in [-0.2, 0) is 0 Å². The van der Waals surface area contributed by atoms with Crippen LogP contribution in [0.1, 0.15) is 21.6 Å². The van der Waals surface area contributed by atoms with E-state index in [9.17, 15) is 9.90 Å². The number of H-pyrrole nitrogens is 1. The van der Waals surface area contributed by atoms with E-state index >= 15 is 0 Å². The number of carbonyl (C=O) groups excluding carboxylic acids is 1. The lowest BCUT2D eigenvalue weighted by Gasteiger charge is -2.03. The lowest BCUT2D eigenvalue weighted by molar-refractivity contribution is 0.102. The normalized spacial score (nSPS) is 10.2. The third kappa shape index (κ3) is 2.25. The van der Waals surface area contributed by atoms with E-state index in [1.54, 1.807) is 0 Å². The van der Waals surface area contributed by atoms with Gasteiger partial charge in [-0.05, 0) is 19.9 Å². The number of aromatic nitrogens is 3. The van der Waals surface area contributed by atoms with Gasteiger partial charge >= 0.3 is 0 Å². The third-order valence-electron chi connectivity index (χ3n) is 2.47. The fraction of sp³-hybridized carbons (Fsp3) is 0.182. The number of carbonyl (C=O) groups is 1. The number of aromatic amines is 1. The molecule has 2 aromatic rings. The molecule has 2 rings (SSSR count). The Morgan fingerprint density at radius 1 is 1.41 bits per heavy atom. The molecule has 6 nitrogen and oxygen atoms in total. The van der Waals surface area contributed by atoms with Crippen LogP contribution in [0.3, 0.4) is 0 Å². The summed E-state index contributed by atoms with van der Waals surface area (Å²) in [5.41, 5.74) is 2.06. The van der Waals surface area contributed by atoms with Crippen LogP contribution in [0.5, 0.6) is 5.75 Å². The molecular weight excluding hydrogens is 220 g/mol. The monoisotopic (exact) mass is 232 g/mol. The lowest BCUT2D eigenvalue weighted by atomic mass is 10.2. The van der Waals surface area contributed by atoms with Crippen molar-refractivity contribution in [3.8, 4) is 5.75 Å². The van der Waals surface area contributed by atoms with Crippen LogP contribution in [0.4, 0.5) is 5.82 Å². The summed E-state index contributed by atoms with van der Waals surface area (Å²) >= 11 is 0. The van der Waals surface area contributed by atoms with Crippen molar-refractivity contribution in [2.24, 2.45) is 0 Å². The largest absolute Gasteiger partial charge is 0.506 e. The summed E-state index contributed by atoms with van der Waals surface area (Å²) in [6, 6.07) is 1.34. The number of amides is 1. The molecule has 88 valence electrons. The molecule has 0 fully saturated rings. The Balaban J connectivity index is 2.20. The molecule has 0 aliphatic rings. The summed E-state index contributed by atoms with van der Waals surface area (Å²) in [4.78, 5) is 15.5. The fourth-order valence-electron chi connectivity index (χ4n) is 1.34. The second-order valence-corrected chi connectivity index (χ2v) is 3.71. The number of aromatic hydroxyl groups is 1. The molecule has 0 saturated heterocycles. The second-order valence-electron chi connectivity index (χ2n) is 3.71. The molecule has 0 unspecified atom stereocenters. The smallest absolute Gasteiger partial charge is 0.258 e. The van der Waals surface area contributed by atoms with Crippen LogP contribution in [-0.4, -0.2) is 26.2 Å². The highest BCUT2D eigenvalue weighted by Crippen LogP contribution is 2.15. The molecule has 0 bridgehead atoms. The van der Waals surface area contributed by atoms with E-state index in [4.69, 9.17) is 0 Å². The summed E-state index contributed by atoms with van der Waals surface area (Å²) in [7, 11) is 0. The summed E-state index contributed by atoms with van der Waals surface area (Å²) in [6.45, 7) is 3.73. The van der Waals surface area contributed by atoms with Crippen molar-refractivity contribution in [3.63, 3.8) is 0 Å². The number of nitrogens with zero attached hydrogens (tertiary/aromatic N) is 2. The second kappa shape index (κ2) is 4.25.